The highest BCUT2D eigenvalue weighted by Gasteiger charge is 2.27. The minimum absolute atomic E-state index is 0.120. The van der Waals surface area contributed by atoms with E-state index in [1.165, 1.54) is 18.2 Å². The first-order chi connectivity index (χ1) is 16.2. The summed E-state index contributed by atoms with van der Waals surface area (Å²) >= 11 is 2.01. The summed E-state index contributed by atoms with van der Waals surface area (Å²) in [5, 5.41) is 3.60. The molecule has 2 aromatic heterocycles. The van der Waals surface area contributed by atoms with Crippen molar-refractivity contribution in [1.29, 1.82) is 0 Å². The minimum atomic E-state index is -3.00. The summed E-state index contributed by atoms with van der Waals surface area (Å²) < 4.78 is 50.2. The highest BCUT2D eigenvalue weighted by atomic mass is 127. The zero-order valence-electron chi connectivity index (χ0n) is 18.4. The Morgan fingerprint density at radius 1 is 1.21 bits per heavy atom. The number of carbonyl (C=O) groups excluding carboxylic acids is 1. The molecule has 2 aromatic carbocycles. The van der Waals surface area contributed by atoms with Crippen molar-refractivity contribution in [2.24, 2.45) is 0 Å². The number of esters is 1. The van der Waals surface area contributed by atoms with Crippen LogP contribution in [0.2, 0.25) is 0 Å². The standard InChI is InChI=1S/C25H21F3IN3O2/c1-3-34-24(33)23-22(31-20-8-7-17(29)12-19(20)26)18-13-30-10-9-21(18)32(23)14-15-5-4-6-16(11-15)25(2,27)28/h4-13,31H,3,14H2,1-2H3. The van der Waals surface area contributed by atoms with E-state index >= 15 is 0 Å². The lowest BCUT2D eigenvalue weighted by atomic mass is 10.1. The Labute approximate surface area is 208 Å². The Hall–Kier alpha value is -3.08. The number of halogens is 4. The first-order valence-electron chi connectivity index (χ1n) is 10.5. The second-order valence-corrected chi connectivity index (χ2v) is 9.01. The maximum atomic E-state index is 14.6. The van der Waals surface area contributed by atoms with Crippen molar-refractivity contribution in [2.75, 3.05) is 11.9 Å². The number of rotatable bonds is 7. The van der Waals surface area contributed by atoms with Gasteiger partial charge in [0.05, 0.1) is 23.5 Å². The van der Waals surface area contributed by atoms with Gasteiger partial charge in [-0.05, 0) is 65.4 Å². The van der Waals surface area contributed by atoms with Crippen LogP contribution in [0, 0.1) is 9.39 Å². The second-order valence-electron chi connectivity index (χ2n) is 7.76. The first kappa shape index (κ1) is 24.1. The monoisotopic (exact) mass is 579 g/mol. The fraction of sp³-hybridized carbons (Fsp3) is 0.200. The predicted octanol–water partition coefficient (Wildman–Crippen LogP) is 6.86. The molecule has 2 heterocycles. The number of anilines is 2. The highest BCUT2D eigenvalue weighted by molar-refractivity contribution is 14.1. The van der Waals surface area contributed by atoms with Gasteiger partial charge in [-0.25, -0.2) is 18.0 Å². The molecule has 0 aliphatic carbocycles. The van der Waals surface area contributed by atoms with Crippen molar-refractivity contribution >= 4 is 50.8 Å². The maximum absolute atomic E-state index is 14.6. The number of nitrogens with zero attached hydrogens (tertiary/aromatic N) is 2. The Morgan fingerprint density at radius 3 is 2.71 bits per heavy atom. The molecule has 0 spiro atoms. The van der Waals surface area contributed by atoms with Gasteiger partial charge in [-0.3, -0.25) is 4.98 Å². The van der Waals surface area contributed by atoms with E-state index in [1.807, 2.05) is 22.6 Å². The van der Waals surface area contributed by atoms with E-state index in [9.17, 15) is 18.0 Å². The Bertz CT molecular complexity index is 1370. The molecule has 4 rings (SSSR count). The smallest absolute Gasteiger partial charge is 0.357 e. The molecule has 176 valence electrons. The van der Waals surface area contributed by atoms with Gasteiger partial charge >= 0.3 is 5.97 Å². The van der Waals surface area contributed by atoms with Crippen LogP contribution in [0.25, 0.3) is 10.9 Å². The van der Waals surface area contributed by atoms with Crippen molar-refractivity contribution < 1.29 is 22.7 Å². The number of alkyl halides is 2. The van der Waals surface area contributed by atoms with E-state index in [4.69, 9.17) is 4.74 Å². The molecule has 0 aliphatic rings. The average Bonchev–Trinajstić information content (AvgIpc) is 3.09. The van der Waals surface area contributed by atoms with Gasteiger partial charge in [0.25, 0.3) is 5.92 Å². The fourth-order valence-corrected chi connectivity index (χ4v) is 4.20. The van der Waals surface area contributed by atoms with Crippen LogP contribution >= 0.6 is 22.6 Å². The number of nitrogens with one attached hydrogen (secondary N) is 1. The van der Waals surface area contributed by atoms with Crippen LogP contribution in [0.4, 0.5) is 24.5 Å². The second kappa shape index (κ2) is 9.65. The number of benzene rings is 2. The lowest BCUT2D eigenvalue weighted by molar-refractivity contribution is 0.0173. The summed E-state index contributed by atoms with van der Waals surface area (Å²) in [6, 6.07) is 12.4. The summed E-state index contributed by atoms with van der Waals surface area (Å²) in [6.07, 6.45) is 3.14. The number of aromatic nitrogens is 2. The van der Waals surface area contributed by atoms with Crippen molar-refractivity contribution in [1.82, 2.24) is 9.55 Å². The van der Waals surface area contributed by atoms with Gasteiger partial charge in [0.1, 0.15) is 5.82 Å². The number of ether oxygens (including phenoxy) is 1. The van der Waals surface area contributed by atoms with Crippen LogP contribution < -0.4 is 5.32 Å². The van der Waals surface area contributed by atoms with Crippen LogP contribution in [0.15, 0.2) is 60.9 Å². The molecule has 9 heteroatoms. The number of hydrogen-bond donors (Lipinski definition) is 1. The van der Waals surface area contributed by atoms with Gasteiger partial charge in [0.2, 0.25) is 0 Å². The zero-order chi connectivity index (χ0) is 24.5. The van der Waals surface area contributed by atoms with E-state index < -0.39 is 17.7 Å². The maximum Gasteiger partial charge on any atom is 0.357 e. The zero-order valence-corrected chi connectivity index (χ0v) is 20.6. The molecule has 0 amide bonds. The quantitative estimate of drug-likeness (QED) is 0.192. The van der Waals surface area contributed by atoms with Gasteiger partial charge in [-0.15, -0.1) is 0 Å². The molecule has 5 nitrogen and oxygen atoms in total. The fourth-order valence-electron chi connectivity index (χ4n) is 3.75. The summed E-state index contributed by atoms with van der Waals surface area (Å²) in [7, 11) is 0. The molecule has 1 N–H and O–H groups in total. The molecule has 0 fully saturated rings. The van der Waals surface area contributed by atoms with Crippen molar-refractivity contribution in [3.63, 3.8) is 0 Å². The Balaban J connectivity index is 1.89. The van der Waals surface area contributed by atoms with Crippen LogP contribution in [-0.2, 0) is 17.2 Å². The summed E-state index contributed by atoms with van der Waals surface area (Å²) in [5.41, 5.74) is 1.74. The van der Waals surface area contributed by atoms with E-state index in [2.05, 4.69) is 10.3 Å². The summed E-state index contributed by atoms with van der Waals surface area (Å²) in [4.78, 5) is 17.2. The van der Waals surface area contributed by atoms with E-state index in [1.54, 1.807) is 54.2 Å². The van der Waals surface area contributed by atoms with Crippen molar-refractivity contribution in [3.8, 4) is 0 Å². The Kier molecular flexibility index (Phi) is 6.83. The third-order valence-corrected chi connectivity index (χ3v) is 5.97. The molecule has 0 bridgehead atoms. The van der Waals surface area contributed by atoms with Crippen molar-refractivity contribution in [2.45, 2.75) is 26.3 Å². The normalized spacial score (nSPS) is 11.6. The average molecular weight is 579 g/mol. The number of hydrogen-bond acceptors (Lipinski definition) is 4. The molecule has 34 heavy (non-hydrogen) atoms. The van der Waals surface area contributed by atoms with Crippen LogP contribution in [0.5, 0.6) is 0 Å². The van der Waals surface area contributed by atoms with Gasteiger partial charge in [-0.1, -0.05) is 18.2 Å². The largest absolute Gasteiger partial charge is 0.461 e. The third-order valence-electron chi connectivity index (χ3n) is 5.30. The van der Waals surface area contributed by atoms with Gasteiger partial charge < -0.3 is 14.6 Å². The van der Waals surface area contributed by atoms with Crippen LogP contribution in [0.3, 0.4) is 0 Å². The van der Waals surface area contributed by atoms with E-state index in [0.717, 1.165) is 10.5 Å². The highest BCUT2D eigenvalue weighted by Crippen LogP contribution is 2.36. The minimum Gasteiger partial charge on any atom is -0.461 e. The van der Waals surface area contributed by atoms with Gasteiger partial charge in [0.15, 0.2) is 5.69 Å². The molecular weight excluding hydrogens is 558 g/mol. The molecule has 0 atom stereocenters. The van der Waals surface area contributed by atoms with Crippen LogP contribution in [0.1, 0.15) is 35.5 Å². The number of pyridine rings is 1. The number of fused-ring (bicyclic) bond motifs is 1. The molecular formula is C25H21F3IN3O2. The van der Waals surface area contributed by atoms with Gasteiger partial charge in [0, 0.05) is 40.4 Å². The third kappa shape index (κ3) is 4.89. The van der Waals surface area contributed by atoms with E-state index in [-0.39, 0.29) is 30.1 Å². The number of carbonyl (C=O) groups is 1. The summed E-state index contributed by atoms with van der Waals surface area (Å²) in [6.45, 7) is 2.78. The molecule has 0 radical (unpaired) electrons. The SMILES string of the molecule is CCOC(=O)c1c(Nc2ccc(I)cc2F)c2cnccc2n1Cc1cccc(C(C)(F)F)c1. The predicted molar refractivity (Wildman–Crippen MR) is 133 cm³/mol. The van der Waals surface area contributed by atoms with Crippen LogP contribution in [-0.4, -0.2) is 22.1 Å². The topological polar surface area (TPSA) is 56.1 Å². The lowest BCUT2D eigenvalue weighted by Gasteiger charge is -2.15. The molecule has 0 saturated heterocycles. The molecule has 0 unspecified atom stereocenters. The molecule has 0 aliphatic heterocycles. The van der Waals surface area contributed by atoms with Gasteiger partial charge in [-0.2, -0.15) is 0 Å². The molecule has 4 aromatic rings. The lowest BCUT2D eigenvalue weighted by Crippen LogP contribution is -2.15. The summed E-state index contributed by atoms with van der Waals surface area (Å²) in [5.74, 6) is -4.11. The molecule has 0 saturated carbocycles. The first-order valence-corrected chi connectivity index (χ1v) is 11.6. The van der Waals surface area contributed by atoms with E-state index in [0.29, 0.717) is 22.2 Å². The Morgan fingerprint density at radius 2 is 2.00 bits per heavy atom. The van der Waals surface area contributed by atoms with Crippen molar-refractivity contribution in [3.05, 3.63) is 87.1 Å².